The van der Waals surface area contributed by atoms with Gasteiger partial charge in [0.25, 0.3) is 0 Å². The first-order valence-corrected chi connectivity index (χ1v) is 5.67. The fourth-order valence-corrected chi connectivity index (χ4v) is 1.73. The van der Waals surface area contributed by atoms with Crippen LogP contribution >= 0.6 is 0 Å². The molecule has 0 unspecified atom stereocenters. The minimum atomic E-state index is 0.0840. The number of pyridine rings is 1. The highest BCUT2D eigenvalue weighted by Gasteiger charge is 2.12. The van der Waals surface area contributed by atoms with Crippen molar-refractivity contribution in [2.45, 2.75) is 0 Å². The molecule has 0 spiro atoms. The maximum Gasteiger partial charge on any atom is 0.185 e. The van der Waals surface area contributed by atoms with E-state index in [1.807, 2.05) is 18.2 Å². The van der Waals surface area contributed by atoms with Crippen molar-refractivity contribution in [1.82, 2.24) is 20.2 Å². The van der Waals surface area contributed by atoms with Crippen molar-refractivity contribution < 1.29 is 5.11 Å². The van der Waals surface area contributed by atoms with Crippen molar-refractivity contribution in [1.29, 1.82) is 0 Å². The van der Waals surface area contributed by atoms with Gasteiger partial charge in [0.15, 0.2) is 11.6 Å². The molecule has 0 aliphatic heterocycles. The summed E-state index contributed by atoms with van der Waals surface area (Å²) < 4.78 is 0. The highest BCUT2D eigenvalue weighted by atomic mass is 16.3. The second-order valence-corrected chi connectivity index (χ2v) is 4.00. The van der Waals surface area contributed by atoms with Crippen LogP contribution < -0.4 is 5.73 Å². The number of phenols is 1. The molecule has 0 fully saturated rings. The second-order valence-electron chi connectivity index (χ2n) is 4.00. The number of nitrogen functional groups attached to an aromatic ring is 1. The summed E-state index contributed by atoms with van der Waals surface area (Å²) in [5.74, 6) is 1.00. The van der Waals surface area contributed by atoms with Gasteiger partial charge in [-0.15, -0.1) is 0 Å². The molecule has 94 valence electrons. The summed E-state index contributed by atoms with van der Waals surface area (Å²) in [7, 11) is 0. The number of nitrogens with one attached hydrogen (secondary N) is 1. The maximum atomic E-state index is 9.80. The van der Waals surface area contributed by atoms with Crippen LogP contribution in [-0.4, -0.2) is 25.3 Å². The first-order chi connectivity index (χ1) is 9.24. The minimum Gasteiger partial charge on any atom is -0.507 e. The van der Waals surface area contributed by atoms with E-state index in [0.29, 0.717) is 28.6 Å². The van der Waals surface area contributed by atoms with Crippen LogP contribution in [-0.2, 0) is 0 Å². The molecule has 0 aliphatic carbocycles. The smallest absolute Gasteiger partial charge is 0.185 e. The molecular weight excluding hydrogens is 242 g/mol. The third-order valence-corrected chi connectivity index (χ3v) is 2.65. The number of anilines is 1. The first-order valence-electron chi connectivity index (χ1n) is 5.67. The molecule has 0 bridgehead atoms. The zero-order chi connectivity index (χ0) is 13.2. The van der Waals surface area contributed by atoms with E-state index in [9.17, 15) is 5.11 Å². The Morgan fingerprint density at radius 2 is 2.05 bits per heavy atom. The van der Waals surface area contributed by atoms with Crippen LogP contribution in [0.3, 0.4) is 0 Å². The van der Waals surface area contributed by atoms with Crippen LogP contribution in [0.25, 0.3) is 22.9 Å². The fraction of sp³-hybridized carbons (Fsp3) is 0. The number of rotatable bonds is 2. The molecule has 2 aromatic heterocycles. The Balaban J connectivity index is 2.04. The van der Waals surface area contributed by atoms with E-state index in [1.54, 1.807) is 18.3 Å². The molecule has 0 saturated heterocycles. The Bertz CT molecular complexity index is 708. The molecule has 6 heteroatoms. The van der Waals surface area contributed by atoms with Crippen LogP contribution in [0.15, 0.2) is 42.6 Å². The Labute approximate surface area is 109 Å². The van der Waals surface area contributed by atoms with Gasteiger partial charge in [-0.2, -0.15) is 5.10 Å². The van der Waals surface area contributed by atoms with E-state index in [4.69, 9.17) is 5.73 Å². The standard InChI is InChI=1S/C13H11N5O/c14-8-4-5-11(19)9(7-8)12-16-13(18-17-12)10-3-1-2-6-15-10/h1-7,19H,14H2,(H,16,17,18). The topological polar surface area (TPSA) is 101 Å². The number of hydrogen-bond acceptors (Lipinski definition) is 5. The van der Waals surface area contributed by atoms with Crippen molar-refractivity contribution in [2.75, 3.05) is 5.73 Å². The number of nitrogens with two attached hydrogens (primary N) is 1. The van der Waals surface area contributed by atoms with Crippen molar-refractivity contribution in [3.05, 3.63) is 42.6 Å². The highest BCUT2D eigenvalue weighted by molar-refractivity contribution is 5.69. The first kappa shape index (κ1) is 11.2. The number of benzene rings is 1. The van der Waals surface area contributed by atoms with Crippen LogP contribution in [0.1, 0.15) is 0 Å². The Kier molecular flexibility index (Phi) is 2.60. The Morgan fingerprint density at radius 3 is 2.84 bits per heavy atom. The van der Waals surface area contributed by atoms with Crippen molar-refractivity contribution in [3.8, 4) is 28.7 Å². The third-order valence-electron chi connectivity index (χ3n) is 2.65. The van der Waals surface area contributed by atoms with Crippen LogP contribution in [0, 0.1) is 0 Å². The average Bonchev–Trinajstić information content (AvgIpc) is 2.92. The molecule has 19 heavy (non-hydrogen) atoms. The number of phenolic OH excluding ortho intramolecular Hbond substituents is 1. The zero-order valence-electron chi connectivity index (χ0n) is 9.91. The molecule has 2 heterocycles. The molecule has 0 amide bonds. The lowest BCUT2D eigenvalue weighted by Crippen LogP contribution is -1.88. The lowest BCUT2D eigenvalue weighted by Gasteiger charge is -2.00. The number of H-pyrrole nitrogens is 1. The van der Waals surface area contributed by atoms with E-state index in [0.717, 1.165) is 0 Å². The van der Waals surface area contributed by atoms with E-state index in [2.05, 4.69) is 20.2 Å². The Morgan fingerprint density at radius 1 is 1.16 bits per heavy atom. The summed E-state index contributed by atoms with van der Waals surface area (Å²) in [5.41, 5.74) is 7.40. The normalized spacial score (nSPS) is 10.5. The van der Waals surface area contributed by atoms with Gasteiger partial charge < -0.3 is 10.8 Å². The zero-order valence-corrected chi connectivity index (χ0v) is 9.91. The molecule has 1 aromatic carbocycles. The van der Waals surface area contributed by atoms with Crippen LogP contribution in [0.2, 0.25) is 0 Å². The van der Waals surface area contributed by atoms with Gasteiger partial charge in [0, 0.05) is 11.9 Å². The van der Waals surface area contributed by atoms with Crippen molar-refractivity contribution >= 4 is 5.69 Å². The molecule has 6 nitrogen and oxygen atoms in total. The largest absolute Gasteiger partial charge is 0.507 e. The van der Waals surface area contributed by atoms with Gasteiger partial charge >= 0.3 is 0 Å². The van der Waals surface area contributed by atoms with Gasteiger partial charge in [-0.25, -0.2) is 4.98 Å². The number of aromatic nitrogens is 4. The summed E-state index contributed by atoms with van der Waals surface area (Å²) >= 11 is 0. The number of aromatic hydroxyl groups is 1. The predicted octanol–water partition coefficient (Wildman–Crippen LogP) is 1.82. The summed E-state index contributed by atoms with van der Waals surface area (Å²) in [5, 5.41) is 16.7. The van der Waals surface area contributed by atoms with Gasteiger partial charge in [-0.1, -0.05) is 6.07 Å². The molecule has 3 aromatic rings. The second kappa shape index (κ2) is 4.41. The Hall–Kier alpha value is -2.89. The SMILES string of the molecule is Nc1ccc(O)c(-c2n[nH]c(-c3ccccn3)n2)c1. The van der Waals surface area contributed by atoms with Crippen molar-refractivity contribution in [2.24, 2.45) is 0 Å². The molecule has 0 radical (unpaired) electrons. The van der Waals surface area contributed by atoms with Crippen LogP contribution in [0.4, 0.5) is 5.69 Å². The third kappa shape index (κ3) is 2.11. The van der Waals surface area contributed by atoms with E-state index in [1.165, 1.54) is 6.07 Å². The van der Waals surface area contributed by atoms with Gasteiger partial charge in [0.2, 0.25) is 0 Å². The summed E-state index contributed by atoms with van der Waals surface area (Å²) in [6.45, 7) is 0. The maximum absolute atomic E-state index is 9.80. The van der Waals surface area contributed by atoms with E-state index >= 15 is 0 Å². The average molecular weight is 253 g/mol. The molecule has 3 rings (SSSR count). The number of nitrogens with zero attached hydrogens (tertiary/aromatic N) is 3. The molecular formula is C13H11N5O. The van der Waals surface area contributed by atoms with Gasteiger partial charge in [0.1, 0.15) is 11.4 Å². The summed E-state index contributed by atoms with van der Waals surface area (Å²) in [6.07, 6.45) is 1.68. The summed E-state index contributed by atoms with van der Waals surface area (Å²) in [6, 6.07) is 10.3. The summed E-state index contributed by atoms with van der Waals surface area (Å²) in [4.78, 5) is 8.48. The predicted molar refractivity (Wildman–Crippen MR) is 71.1 cm³/mol. The van der Waals surface area contributed by atoms with E-state index in [-0.39, 0.29) is 5.75 Å². The molecule has 0 saturated carbocycles. The quantitative estimate of drug-likeness (QED) is 0.477. The highest BCUT2D eigenvalue weighted by Crippen LogP contribution is 2.29. The molecule has 0 atom stereocenters. The lowest BCUT2D eigenvalue weighted by molar-refractivity contribution is 0.477. The minimum absolute atomic E-state index is 0.0840. The fourth-order valence-electron chi connectivity index (χ4n) is 1.73. The van der Waals surface area contributed by atoms with Gasteiger partial charge in [-0.05, 0) is 30.3 Å². The van der Waals surface area contributed by atoms with Crippen molar-refractivity contribution in [3.63, 3.8) is 0 Å². The van der Waals surface area contributed by atoms with Gasteiger partial charge in [-0.3, -0.25) is 10.1 Å². The van der Waals surface area contributed by atoms with Crippen LogP contribution in [0.5, 0.6) is 5.75 Å². The number of hydrogen-bond donors (Lipinski definition) is 3. The lowest BCUT2D eigenvalue weighted by atomic mass is 10.1. The molecule has 0 aliphatic rings. The van der Waals surface area contributed by atoms with E-state index < -0.39 is 0 Å². The van der Waals surface area contributed by atoms with Gasteiger partial charge in [0.05, 0.1) is 5.56 Å². The number of aromatic amines is 1. The monoisotopic (exact) mass is 253 g/mol. The molecule has 4 N–H and O–H groups in total.